The van der Waals surface area contributed by atoms with E-state index in [0.717, 1.165) is 11.1 Å². The Bertz CT molecular complexity index is 812. The van der Waals surface area contributed by atoms with Crippen molar-refractivity contribution in [1.82, 2.24) is 0 Å². The van der Waals surface area contributed by atoms with Crippen molar-refractivity contribution in [3.63, 3.8) is 0 Å². The van der Waals surface area contributed by atoms with Crippen LogP contribution in [0, 0.1) is 0 Å². The molecule has 6 nitrogen and oxygen atoms in total. The van der Waals surface area contributed by atoms with Crippen LogP contribution in [-0.2, 0) is 16.0 Å². The lowest BCUT2D eigenvalue weighted by molar-refractivity contribution is -0.137. The van der Waals surface area contributed by atoms with Crippen molar-refractivity contribution in [2.45, 2.75) is 19.3 Å². The van der Waals surface area contributed by atoms with E-state index < -0.39 is 5.97 Å². The van der Waals surface area contributed by atoms with Gasteiger partial charge in [-0.3, -0.25) is 9.59 Å². The number of nitrogens with one attached hydrogen (secondary N) is 1. The van der Waals surface area contributed by atoms with Crippen molar-refractivity contribution in [3.05, 3.63) is 59.7 Å². The quantitative estimate of drug-likeness (QED) is 0.658. The van der Waals surface area contributed by atoms with Gasteiger partial charge < -0.3 is 19.9 Å². The molecule has 2 rings (SSSR count). The highest BCUT2D eigenvalue weighted by atomic mass is 16.5. The molecule has 0 atom stereocenters. The highest BCUT2D eigenvalue weighted by Gasteiger charge is 2.04. The van der Waals surface area contributed by atoms with Crippen LogP contribution in [0.1, 0.15) is 24.0 Å². The first kappa shape index (κ1) is 20.0. The van der Waals surface area contributed by atoms with E-state index in [2.05, 4.69) is 5.32 Å². The van der Waals surface area contributed by atoms with Gasteiger partial charge in [0.15, 0.2) is 0 Å². The highest BCUT2D eigenvalue weighted by molar-refractivity contribution is 6.02. The number of rotatable bonds is 9. The molecule has 0 aliphatic rings. The lowest BCUT2D eigenvalue weighted by Crippen LogP contribution is -2.07. The van der Waals surface area contributed by atoms with E-state index in [1.807, 2.05) is 12.1 Å². The summed E-state index contributed by atoms with van der Waals surface area (Å²) in [6.45, 7) is 0. The summed E-state index contributed by atoms with van der Waals surface area (Å²) in [5, 5.41) is 11.4. The lowest BCUT2D eigenvalue weighted by Gasteiger charge is -2.07. The number of aliphatic carboxylic acids is 1. The number of aryl methyl sites for hydroxylation is 1. The monoisotopic (exact) mass is 369 g/mol. The molecule has 0 bridgehead atoms. The molecule has 27 heavy (non-hydrogen) atoms. The fourth-order valence-electron chi connectivity index (χ4n) is 2.52. The number of methoxy groups -OCH3 is 2. The maximum atomic E-state index is 12.1. The number of amides is 1. The maximum Gasteiger partial charge on any atom is 0.303 e. The van der Waals surface area contributed by atoms with E-state index in [0.29, 0.717) is 30.0 Å². The predicted octanol–water partition coefficient (Wildman–Crippen LogP) is 3.76. The largest absolute Gasteiger partial charge is 0.497 e. The van der Waals surface area contributed by atoms with E-state index in [1.165, 1.54) is 6.08 Å². The second kappa shape index (κ2) is 10.0. The van der Waals surface area contributed by atoms with Crippen molar-refractivity contribution in [1.29, 1.82) is 0 Å². The summed E-state index contributed by atoms with van der Waals surface area (Å²) < 4.78 is 10.5. The molecule has 0 aliphatic carbocycles. The number of benzene rings is 2. The predicted molar refractivity (Wildman–Crippen MR) is 104 cm³/mol. The van der Waals surface area contributed by atoms with Gasteiger partial charge in [-0.25, -0.2) is 0 Å². The van der Waals surface area contributed by atoms with E-state index in [-0.39, 0.29) is 12.3 Å². The Morgan fingerprint density at radius 2 is 1.81 bits per heavy atom. The van der Waals surface area contributed by atoms with Crippen molar-refractivity contribution in [3.8, 4) is 11.5 Å². The topological polar surface area (TPSA) is 84.9 Å². The molecule has 0 unspecified atom stereocenters. The molecule has 0 aliphatic heterocycles. The Hall–Kier alpha value is -3.28. The number of carbonyl (C=O) groups excluding carboxylic acids is 1. The van der Waals surface area contributed by atoms with Crippen molar-refractivity contribution in [2.24, 2.45) is 0 Å². The standard InChI is InChI=1S/C21H23NO5/c1-26-18-11-12-19(27-2)16(14-18)8-13-20(23)22-17-9-6-15(7-10-17)4-3-5-21(24)25/h6-14H,3-5H2,1-2H3,(H,22,23)(H,24,25)/b13-8+. The minimum atomic E-state index is -0.793. The summed E-state index contributed by atoms with van der Waals surface area (Å²) in [4.78, 5) is 22.7. The van der Waals surface area contributed by atoms with Crippen LogP contribution < -0.4 is 14.8 Å². The van der Waals surface area contributed by atoms with Crippen LogP contribution in [-0.4, -0.2) is 31.2 Å². The first-order chi connectivity index (χ1) is 13.0. The Morgan fingerprint density at radius 3 is 2.44 bits per heavy atom. The average molecular weight is 369 g/mol. The minimum Gasteiger partial charge on any atom is -0.497 e. The fraction of sp³-hybridized carbons (Fsp3) is 0.238. The van der Waals surface area contributed by atoms with Crippen molar-refractivity contribution >= 4 is 23.6 Å². The lowest BCUT2D eigenvalue weighted by atomic mass is 10.1. The molecular formula is C21H23NO5. The van der Waals surface area contributed by atoms with Gasteiger partial charge in [0.1, 0.15) is 11.5 Å². The first-order valence-corrected chi connectivity index (χ1v) is 8.53. The molecule has 2 N–H and O–H groups in total. The number of hydrogen-bond donors (Lipinski definition) is 2. The molecule has 0 saturated carbocycles. The van der Waals surface area contributed by atoms with Crippen molar-refractivity contribution < 1.29 is 24.2 Å². The molecular weight excluding hydrogens is 346 g/mol. The first-order valence-electron chi connectivity index (χ1n) is 8.53. The third kappa shape index (κ3) is 6.51. The zero-order valence-corrected chi connectivity index (χ0v) is 15.4. The molecule has 2 aromatic carbocycles. The van der Waals surface area contributed by atoms with Gasteiger partial charge in [-0.1, -0.05) is 12.1 Å². The molecule has 0 heterocycles. The molecule has 6 heteroatoms. The number of carboxylic acids is 1. The number of carbonyl (C=O) groups is 2. The second-order valence-electron chi connectivity index (χ2n) is 5.87. The Kier molecular flexibility index (Phi) is 7.43. The molecule has 1 amide bonds. The molecule has 142 valence electrons. The summed E-state index contributed by atoms with van der Waals surface area (Å²) >= 11 is 0. The summed E-state index contributed by atoms with van der Waals surface area (Å²) in [7, 11) is 3.14. The third-order valence-electron chi connectivity index (χ3n) is 3.93. The van der Waals surface area contributed by atoms with Gasteiger partial charge in [0, 0.05) is 23.7 Å². The SMILES string of the molecule is COc1ccc(OC)c(/C=C/C(=O)Nc2ccc(CCCC(=O)O)cc2)c1. The van der Waals surface area contributed by atoms with E-state index >= 15 is 0 Å². The van der Waals surface area contributed by atoms with Gasteiger partial charge in [-0.15, -0.1) is 0 Å². The van der Waals surface area contributed by atoms with E-state index in [4.69, 9.17) is 14.6 Å². The third-order valence-corrected chi connectivity index (χ3v) is 3.93. The van der Waals surface area contributed by atoms with Crippen LogP contribution >= 0.6 is 0 Å². The van der Waals surface area contributed by atoms with Crippen LogP contribution in [0.15, 0.2) is 48.5 Å². The second-order valence-corrected chi connectivity index (χ2v) is 5.87. The van der Waals surface area contributed by atoms with Gasteiger partial charge in [0.25, 0.3) is 0 Å². The van der Waals surface area contributed by atoms with Crippen LogP contribution in [0.3, 0.4) is 0 Å². The minimum absolute atomic E-state index is 0.150. The molecule has 0 aromatic heterocycles. The molecule has 2 aromatic rings. The number of carboxylic acid groups (broad SMARTS) is 1. The summed E-state index contributed by atoms with van der Waals surface area (Å²) in [6, 6.07) is 12.7. The summed E-state index contributed by atoms with van der Waals surface area (Å²) in [5.41, 5.74) is 2.44. The van der Waals surface area contributed by atoms with Crippen LogP contribution in [0.5, 0.6) is 11.5 Å². The average Bonchev–Trinajstić information content (AvgIpc) is 2.67. The molecule has 0 saturated heterocycles. The Morgan fingerprint density at radius 1 is 1.07 bits per heavy atom. The highest BCUT2D eigenvalue weighted by Crippen LogP contribution is 2.25. The van der Waals surface area contributed by atoms with Gasteiger partial charge in [0.05, 0.1) is 14.2 Å². The smallest absolute Gasteiger partial charge is 0.303 e. The van der Waals surface area contributed by atoms with Gasteiger partial charge in [0.2, 0.25) is 5.91 Å². The van der Waals surface area contributed by atoms with Gasteiger partial charge in [-0.2, -0.15) is 0 Å². The van der Waals surface area contributed by atoms with Crippen LogP contribution in [0.4, 0.5) is 5.69 Å². The molecule has 0 fully saturated rings. The zero-order chi connectivity index (χ0) is 19.6. The normalized spacial score (nSPS) is 10.6. The fourth-order valence-corrected chi connectivity index (χ4v) is 2.52. The van der Waals surface area contributed by atoms with E-state index in [1.54, 1.807) is 50.6 Å². The van der Waals surface area contributed by atoms with E-state index in [9.17, 15) is 9.59 Å². The molecule has 0 spiro atoms. The summed E-state index contributed by atoms with van der Waals surface area (Å²) in [5.74, 6) is 0.261. The van der Waals surface area contributed by atoms with Gasteiger partial charge in [-0.05, 0) is 54.8 Å². The zero-order valence-electron chi connectivity index (χ0n) is 15.4. The molecule has 0 radical (unpaired) electrons. The maximum absolute atomic E-state index is 12.1. The number of ether oxygens (including phenoxy) is 2. The number of anilines is 1. The summed E-state index contributed by atoms with van der Waals surface area (Å²) in [6.07, 6.45) is 4.52. The Balaban J connectivity index is 1.95. The van der Waals surface area contributed by atoms with Crippen molar-refractivity contribution in [2.75, 3.05) is 19.5 Å². The van der Waals surface area contributed by atoms with Crippen LogP contribution in [0.25, 0.3) is 6.08 Å². The number of hydrogen-bond acceptors (Lipinski definition) is 4. The Labute approximate surface area is 158 Å². The van der Waals surface area contributed by atoms with Gasteiger partial charge >= 0.3 is 5.97 Å². The van der Waals surface area contributed by atoms with Crippen LogP contribution in [0.2, 0.25) is 0 Å².